The van der Waals surface area contributed by atoms with Crippen LogP contribution in [0.25, 0.3) is 11.2 Å². The fraction of sp³-hybridized carbons (Fsp3) is 0.750. The first-order chi connectivity index (χ1) is 14.3. The second kappa shape index (κ2) is 8.04. The van der Waals surface area contributed by atoms with Gasteiger partial charge in [-0.05, 0) is 25.1 Å². The highest BCUT2D eigenvalue weighted by Gasteiger charge is 2.59. The minimum atomic E-state index is -2.43. The fourth-order valence-corrected chi connectivity index (χ4v) is 4.83. The van der Waals surface area contributed by atoms with Crippen molar-refractivity contribution >= 4 is 25.3 Å². The fourth-order valence-electron chi connectivity index (χ4n) is 3.50. The van der Waals surface area contributed by atoms with E-state index < -0.39 is 45.6 Å². The molecule has 0 saturated carbocycles. The van der Waals surface area contributed by atoms with Crippen LogP contribution in [0.1, 0.15) is 32.8 Å². The summed E-state index contributed by atoms with van der Waals surface area (Å²) in [5.41, 5.74) is -0.650. The number of ether oxygens (including phenoxy) is 1. The quantitative estimate of drug-likeness (QED) is 0.639. The molecule has 0 aromatic carbocycles. The molecule has 2 N–H and O–H groups in total. The van der Waals surface area contributed by atoms with Gasteiger partial charge in [0.1, 0.15) is 17.5 Å². The van der Waals surface area contributed by atoms with Gasteiger partial charge in [0.2, 0.25) is 0 Å². The van der Waals surface area contributed by atoms with Gasteiger partial charge in [-0.1, -0.05) is 20.8 Å². The highest BCUT2D eigenvalue weighted by molar-refractivity contribution is 6.74. The van der Waals surface area contributed by atoms with E-state index in [9.17, 15) is 10.2 Å². The smallest absolute Gasteiger partial charge is 0.192 e. The van der Waals surface area contributed by atoms with E-state index in [1.54, 1.807) is 6.92 Å². The summed E-state index contributed by atoms with van der Waals surface area (Å²) in [7, 11) is 1.25. The number of imidazole rings is 1. The molecule has 1 aliphatic rings. The van der Waals surface area contributed by atoms with Crippen LogP contribution < -0.4 is 4.90 Å². The van der Waals surface area contributed by atoms with Gasteiger partial charge in [0, 0.05) is 14.1 Å². The average Bonchev–Trinajstić information content (AvgIpc) is 3.20. The Morgan fingerprint density at radius 1 is 1.26 bits per heavy atom. The maximum absolute atomic E-state index is 15.9. The zero-order chi connectivity index (χ0) is 23.4. The van der Waals surface area contributed by atoms with E-state index in [0.29, 0.717) is 22.8 Å². The summed E-state index contributed by atoms with van der Waals surface area (Å²) in [6.45, 7) is 10.7. The molecule has 11 heteroatoms. The van der Waals surface area contributed by atoms with Crippen LogP contribution in [0.5, 0.6) is 0 Å². The van der Waals surface area contributed by atoms with Crippen LogP contribution in [0, 0.1) is 6.92 Å². The molecule has 0 radical (unpaired) electrons. The van der Waals surface area contributed by atoms with Gasteiger partial charge >= 0.3 is 0 Å². The normalized spacial score (nSPS) is 24.2. The Bertz CT molecular complexity index is 942. The molecule has 9 nitrogen and oxygen atoms in total. The van der Waals surface area contributed by atoms with Crippen molar-refractivity contribution in [1.29, 1.82) is 0 Å². The number of aromatic nitrogens is 4. The Hall–Kier alpha value is -1.66. The highest BCUT2D eigenvalue weighted by Crippen LogP contribution is 2.46. The number of nitrogens with zero attached hydrogens (tertiary/aromatic N) is 5. The van der Waals surface area contributed by atoms with Gasteiger partial charge in [0.15, 0.2) is 37.7 Å². The number of alkyl halides is 1. The molecule has 3 heterocycles. The van der Waals surface area contributed by atoms with Crippen molar-refractivity contribution in [3.05, 3.63) is 12.2 Å². The first-order valence-electron chi connectivity index (χ1n) is 10.4. The number of fused-ring (bicyclic) bond motifs is 1. The lowest BCUT2D eigenvalue weighted by molar-refractivity contribution is -0.146. The maximum Gasteiger partial charge on any atom is 0.192 e. The van der Waals surface area contributed by atoms with Gasteiger partial charge in [-0.2, -0.15) is 0 Å². The Labute approximate surface area is 183 Å². The van der Waals surface area contributed by atoms with E-state index in [1.165, 1.54) is 10.9 Å². The van der Waals surface area contributed by atoms with Crippen molar-refractivity contribution in [2.45, 2.75) is 69.9 Å². The molecule has 0 amide bonds. The molecule has 31 heavy (non-hydrogen) atoms. The minimum Gasteiger partial charge on any atom is -0.408 e. The predicted molar refractivity (Wildman–Crippen MR) is 118 cm³/mol. The Kier molecular flexibility index (Phi) is 6.22. The molecule has 3 atom stereocenters. The Morgan fingerprint density at radius 2 is 1.87 bits per heavy atom. The lowest BCUT2D eigenvalue weighted by Crippen LogP contribution is -2.56. The van der Waals surface area contributed by atoms with Crippen LogP contribution >= 0.6 is 0 Å². The van der Waals surface area contributed by atoms with E-state index >= 15 is 4.39 Å². The topological polar surface area (TPSA) is 106 Å². The molecule has 1 unspecified atom stereocenters. The number of hydrogen-bond donors (Lipinski definition) is 2. The summed E-state index contributed by atoms with van der Waals surface area (Å²) in [6, 6.07) is 0. The first kappa shape index (κ1) is 24.0. The van der Waals surface area contributed by atoms with E-state index in [2.05, 4.69) is 15.0 Å². The van der Waals surface area contributed by atoms with Gasteiger partial charge in [0.25, 0.3) is 0 Å². The highest BCUT2D eigenvalue weighted by atomic mass is 28.4. The van der Waals surface area contributed by atoms with Crippen molar-refractivity contribution in [3.8, 4) is 0 Å². The molecule has 1 aliphatic heterocycles. The molecule has 2 aromatic rings. The molecule has 3 rings (SSSR count). The second-order valence-corrected chi connectivity index (χ2v) is 14.7. The van der Waals surface area contributed by atoms with Gasteiger partial charge in [0.05, 0.1) is 19.5 Å². The van der Waals surface area contributed by atoms with Crippen LogP contribution in [-0.4, -0.2) is 83.2 Å². The van der Waals surface area contributed by atoms with Crippen LogP contribution in [0.3, 0.4) is 0 Å². The Morgan fingerprint density at radius 3 is 2.39 bits per heavy atom. The number of anilines is 1. The van der Waals surface area contributed by atoms with Crippen molar-refractivity contribution in [2.75, 3.05) is 32.2 Å². The van der Waals surface area contributed by atoms with Gasteiger partial charge in [-0.3, -0.25) is 4.57 Å². The third-order valence-corrected chi connectivity index (χ3v) is 10.9. The summed E-state index contributed by atoms with van der Waals surface area (Å²) < 4.78 is 29.8. The summed E-state index contributed by atoms with van der Waals surface area (Å²) in [5.74, 6) is 1.12. The summed E-state index contributed by atoms with van der Waals surface area (Å²) in [5, 5.41) is 20.1. The SMILES string of the molecule is Cc1nc(N(C)C)c2ncn([C@@H]3OC(CO)(CO)C(O[Si](C)(C)C(C)(C)C)[C@@H]3F)c2n1. The third kappa shape index (κ3) is 3.97. The van der Waals surface area contributed by atoms with Crippen molar-refractivity contribution in [2.24, 2.45) is 0 Å². The first-order valence-corrected chi connectivity index (χ1v) is 13.3. The van der Waals surface area contributed by atoms with Crippen LogP contribution in [0.15, 0.2) is 6.33 Å². The van der Waals surface area contributed by atoms with E-state index in [4.69, 9.17) is 9.16 Å². The standard InChI is InChI=1S/C20H34FN5O4Si/c1-12-23-16(25(5)6)14-17(24-12)26(11-22-14)18-13(21)15(20(9-27,10-28)29-18)30-31(7,8)19(2,3)4/h11,13,15,18,27-28H,9-10H2,1-8H3/t13-,15?,18+/m0/s1. The van der Waals surface area contributed by atoms with Crippen molar-refractivity contribution in [3.63, 3.8) is 0 Å². The molecule has 0 bridgehead atoms. The molecule has 174 valence electrons. The van der Waals surface area contributed by atoms with Crippen LogP contribution in [0.4, 0.5) is 10.2 Å². The predicted octanol–water partition coefficient (Wildman–Crippen LogP) is 2.18. The van der Waals surface area contributed by atoms with Crippen molar-refractivity contribution in [1.82, 2.24) is 19.5 Å². The van der Waals surface area contributed by atoms with Crippen LogP contribution in [0.2, 0.25) is 18.1 Å². The molecular weight excluding hydrogens is 421 g/mol. The zero-order valence-corrected chi connectivity index (χ0v) is 20.5. The minimum absolute atomic E-state index is 0.186. The lowest BCUT2D eigenvalue weighted by Gasteiger charge is -2.42. The molecular formula is C20H34FN5O4Si. The number of aliphatic hydroxyl groups excluding tert-OH is 2. The molecule has 1 saturated heterocycles. The maximum atomic E-state index is 15.9. The van der Waals surface area contributed by atoms with E-state index in [-0.39, 0.29) is 5.04 Å². The molecule has 0 aliphatic carbocycles. The van der Waals surface area contributed by atoms with E-state index in [1.807, 2.05) is 52.9 Å². The lowest BCUT2D eigenvalue weighted by atomic mass is 9.98. The van der Waals surface area contributed by atoms with Gasteiger partial charge in [-0.25, -0.2) is 19.3 Å². The zero-order valence-electron chi connectivity index (χ0n) is 19.5. The summed E-state index contributed by atoms with van der Waals surface area (Å²) in [4.78, 5) is 15.1. The third-order valence-electron chi connectivity index (χ3n) is 6.41. The number of halogens is 1. The molecule has 0 spiro atoms. The summed E-state index contributed by atoms with van der Waals surface area (Å²) in [6.07, 6.45) is -2.49. The number of aliphatic hydroxyl groups is 2. The van der Waals surface area contributed by atoms with Gasteiger partial charge < -0.3 is 24.3 Å². The van der Waals surface area contributed by atoms with Gasteiger partial charge in [-0.15, -0.1) is 0 Å². The molecule has 1 fully saturated rings. The Balaban J connectivity index is 2.08. The number of hydrogen-bond acceptors (Lipinski definition) is 8. The summed E-state index contributed by atoms with van der Waals surface area (Å²) >= 11 is 0. The largest absolute Gasteiger partial charge is 0.408 e. The average molecular weight is 456 g/mol. The monoisotopic (exact) mass is 455 g/mol. The van der Waals surface area contributed by atoms with E-state index in [0.717, 1.165) is 0 Å². The van der Waals surface area contributed by atoms with Crippen LogP contribution in [-0.2, 0) is 9.16 Å². The number of rotatable bonds is 6. The number of aryl methyl sites for hydroxylation is 1. The molecule has 2 aromatic heterocycles. The second-order valence-electron chi connectivity index (χ2n) is 9.95. The van der Waals surface area contributed by atoms with Crippen molar-refractivity contribution < 1.29 is 23.8 Å².